The predicted molar refractivity (Wildman–Crippen MR) is 129 cm³/mol. The average molecular weight is 491 g/mol. The van der Waals surface area contributed by atoms with Gasteiger partial charge in [-0.25, -0.2) is 9.59 Å². The second-order valence-corrected chi connectivity index (χ2v) is 12.4. The maximum atomic E-state index is 12.3. The van der Waals surface area contributed by atoms with Crippen LogP contribution < -0.4 is 5.73 Å². The van der Waals surface area contributed by atoms with Crippen LogP contribution in [0, 0.1) is 34.5 Å². The molecule has 1 heterocycles. The standard InChI is InChI=1S/C27H42N2O6/c1-25-8-6-18(29(24(32)33)11-3-10-28)13-17(25)4-5-20-21(25)14-22(30)26(2)19(7-9-27(20,26)34)16-12-23(31)35-15-16/h12,17-22,30,34H,3-11,13-15,28H2,1-2H3,(H,32,33)/t17-,18+,19-,20-,21+,22-,25+,26+,27+/m1/s1. The van der Waals surface area contributed by atoms with E-state index in [0.717, 1.165) is 44.1 Å². The van der Waals surface area contributed by atoms with E-state index >= 15 is 0 Å². The van der Waals surface area contributed by atoms with Gasteiger partial charge in [0.05, 0.1) is 11.7 Å². The maximum Gasteiger partial charge on any atom is 0.407 e. The topological polar surface area (TPSA) is 133 Å². The number of esters is 1. The lowest BCUT2D eigenvalue weighted by atomic mass is 9.42. The normalized spacial score (nSPS) is 46.8. The molecule has 0 aromatic carbocycles. The quantitative estimate of drug-likeness (QED) is 0.436. The molecular weight excluding hydrogens is 448 g/mol. The smallest absolute Gasteiger partial charge is 0.407 e. The van der Waals surface area contributed by atoms with Gasteiger partial charge in [-0.3, -0.25) is 0 Å². The van der Waals surface area contributed by atoms with Crippen molar-refractivity contribution in [2.45, 2.75) is 89.4 Å². The third-order valence-electron chi connectivity index (χ3n) is 11.3. The lowest BCUT2D eigenvalue weighted by Gasteiger charge is -2.65. The Morgan fingerprint density at radius 2 is 1.94 bits per heavy atom. The molecule has 8 heteroatoms. The minimum atomic E-state index is -0.981. The molecule has 4 fully saturated rings. The van der Waals surface area contributed by atoms with E-state index in [9.17, 15) is 24.9 Å². The number of carbonyl (C=O) groups excluding carboxylic acids is 1. The molecule has 0 bridgehead atoms. The predicted octanol–water partition coefficient (Wildman–Crippen LogP) is 2.91. The van der Waals surface area contributed by atoms with Gasteiger partial charge >= 0.3 is 12.1 Å². The van der Waals surface area contributed by atoms with Crippen LogP contribution in [0.4, 0.5) is 4.79 Å². The molecule has 1 amide bonds. The number of aliphatic hydroxyl groups excluding tert-OH is 1. The molecule has 35 heavy (non-hydrogen) atoms. The highest BCUT2D eigenvalue weighted by Gasteiger charge is 2.70. The minimum Gasteiger partial charge on any atom is -0.465 e. The van der Waals surface area contributed by atoms with Crippen LogP contribution in [0.3, 0.4) is 0 Å². The average Bonchev–Trinajstić information content (AvgIpc) is 3.36. The second-order valence-electron chi connectivity index (χ2n) is 12.4. The van der Waals surface area contributed by atoms with Crippen molar-refractivity contribution < 1.29 is 29.6 Å². The molecule has 4 saturated carbocycles. The Morgan fingerprint density at radius 1 is 1.17 bits per heavy atom. The van der Waals surface area contributed by atoms with Gasteiger partial charge in [-0.2, -0.15) is 0 Å². The first kappa shape index (κ1) is 25.0. The Hall–Kier alpha value is -1.64. The molecule has 0 aromatic heterocycles. The van der Waals surface area contributed by atoms with Crippen molar-refractivity contribution in [3.05, 3.63) is 11.6 Å². The van der Waals surface area contributed by atoms with Gasteiger partial charge in [-0.05, 0) is 99.0 Å². The number of cyclic esters (lactones) is 1. The third kappa shape index (κ3) is 3.57. The zero-order valence-corrected chi connectivity index (χ0v) is 21.1. The first-order valence-corrected chi connectivity index (χ1v) is 13.5. The van der Waals surface area contributed by atoms with Crippen LogP contribution in [0.1, 0.15) is 71.6 Å². The molecule has 0 aromatic rings. The van der Waals surface area contributed by atoms with Crippen molar-refractivity contribution in [1.82, 2.24) is 4.90 Å². The summed E-state index contributed by atoms with van der Waals surface area (Å²) in [7, 11) is 0. The van der Waals surface area contributed by atoms with Crippen molar-refractivity contribution in [1.29, 1.82) is 0 Å². The summed E-state index contributed by atoms with van der Waals surface area (Å²) in [4.78, 5) is 25.3. The molecule has 5 N–H and O–H groups in total. The Kier molecular flexibility index (Phi) is 6.25. The monoisotopic (exact) mass is 490 g/mol. The van der Waals surface area contributed by atoms with Crippen molar-refractivity contribution in [3.63, 3.8) is 0 Å². The highest BCUT2D eigenvalue weighted by Crippen LogP contribution is 2.70. The van der Waals surface area contributed by atoms with Crippen molar-refractivity contribution >= 4 is 12.1 Å². The second kappa shape index (κ2) is 8.73. The largest absolute Gasteiger partial charge is 0.465 e. The zero-order chi connectivity index (χ0) is 25.2. The number of ether oxygens (including phenoxy) is 1. The summed E-state index contributed by atoms with van der Waals surface area (Å²) in [6, 6.07) is 0.0123. The minimum absolute atomic E-state index is 0.0123. The Morgan fingerprint density at radius 3 is 2.60 bits per heavy atom. The fourth-order valence-electron chi connectivity index (χ4n) is 9.35. The number of hydrogen-bond donors (Lipinski definition) is 4. The summed E-state index contributed by atoms with van der Waals surface area (Å²) < 4.78 is 5.19. The van der Waals surface area contributed by atoms with E-state index in [2.05, 4.69) is 6.92 Å². The van der Waals surface area contributed by atoms with E-state index in [1.54, 1.807) is 11.0 Å². The third-order valence-corrected chi connectivity index (χ3v) is 11.3. The van der Waals surface area contributed by atoms with E-state index in [1.165, 1.54) is 0 Å². The first-order chi connectivity index (χ1) is 16.6. The molecule has 4 aliphatic carbocycles. The van der Waals surface area contributed by atoms with Crippen LogP contribution in [0.25, 0.3) is 0 Å². The number of nitrogens with two attached hydrogens (primary N) is 1. The number of carboxylic acid groups (broad SMARTS) is 1. The number of nitrogens with zero attached hydrogens (tertiary/aromatic N) is 1. The summed E-state index contributed by atoms with van der Waals surface area (Å²) in [5, 5.41) is 33.8. The Labute approximate surface area is 207 Å². The number of hydrogen-bond acceptors (Lipinski definition) is 6. The molecule has 9 atom stereocenters. The summed E-state index contributed by atoms with van der Waals surface area (Å²) in [6.07, 6.45) is 7.19. The van der Waals surface area contributed by atoms with Gasteiger partial charge in [0, 0.05) is 24.1 Å². The van der Waals surface area contributed by atoms with Crippen LogP contribution in [-0.2, 0) is 9.53 Å². The van der Waals surface area contributed by atoms with Crippen molar-refractivity contribution in [2.75, 3.05) is 19.7 Å². The van der Waals surface area contributed by atoms with Crippen LogP contribution in [-0.4, -0.2) is 69.7 Å². The number of rotatable bonds is 5. The number of amides is 1. The van der Waals surface area contributed by atoms with Gasteiger partial charge in [-0.1, -0.05) is 13.8 Å². The summed E-state index contributed by atoms with van der Waals surface area (Å²) in [6.45, 7) is 5.58. The molecule has 1 aliphatic heterocycles. The van der Waals surface area contributed by atoms with E-state index in [0.29, 0.717) is 38.3 Å². The first-order valence-electron chi connectivity index (χ1n) is 13.5. The molecule has 5 rings (SSSR count). The van der Waals surface area contributed by atoms with E-state index < -0.39 is 23.2 Å². The molecule has 8 nitrogen and oxygen atoms in total. The number of aliphatic hydroxyl groups is 2. The van der Waals surface area contributed by atoms with Gasteiger partial charge in [0.15, 0.2) is 0 Å². The molecule has 0 spiro atoms. The van der Waals surface area contributed by atoms with Gasteiger partial charge < -0.3 is 30.7 Å². The summed E-state index contributed by atoms with van der Waals surface area (Å²) in [5.74, 6) is 0.303. The Balaban J connectivity index is 1.39. The van der Waals surface area contributed by atoms with Crippen molar-refractivity contribution in [3.8, 4) is 0 Å². The molecule has 196 valence electrons. The van der Waals surface area contributed by atoms with Crippen LogP contribution >= 0.6 is 0 Å². The number of carbonyl (C=O) groups is 2. The lowest BCUT2D eigenvalue weighted by Crippen LogP contribution is -2.67. The molecule has 0 saturated heterocycles. The van der Waals surface area contributed by atoms with E-state index in [1.807, 2.05) is 6.92 Å². The van der Waals surface area contributed by atoms with Gasteiger partial charge in [0.2, 0.25) is 0 Å². The Bertz CT molecular complexity index is 908. The fourth-order valence-corrected chi connectivity index (χ4v) is 9.35. The van der Waals surface area contributed by atoms with Crippen molar-refractivity contribution in [2.24, 2.45) is 40.2 Å². The van der Waals surface area contributed by atoms with E-state index in [4.69, 9.17) is 10.5 Å². The van der Waals surface area contributed by atoms with Gasteiger partial charge in [0.1, 0.15) is 6.61 Å². The zero-order valence-electron chi connectivity index (χ0n) is 21.1. The van der Waals surface area contributed by atoms with E-state index in [-0.39, 0.29) is 41.8 Å². The maximum absolute atomic E-state index is 12.3. The lowest BCUT2D eigenvalue weighted by molar-refractivity contribution is -0.243. The van der Waals surface area contributed by atoms with Gasteiger partial charge in [0.25, 0.3) is 0 Å². The summed E-state index contributed by atoms with van der Waals surface area (Å²) in [5.41, 5.74) is 4.86. The molecular formula is C27H42N2O6. The van der Waals surface area contributed by atoms with Crippen LogP contribution in [0.15, 0.2) is 11.6 Å². The highest BCUT2D eigenvalue weighted by atomic mass is 16.5. The highest BCUT2D eigenvalue weighted by molar-refractivity contribution is 5.85. The van der Waals surface area contributed by atoms with Crippen LogP contribution in [0.2, 0.25) is 0 Å². The molecule has 5 aliphatic rings. The molecule has 0 radical (unpaired) electrons. The fraction of sp³-hybridized carbons (Fsp3) is 0.852. The molecule has 0 unspecified atom stereocenters. The van der Waals surface area contributed by atoms with Gasteiger partial charge in [-0.15, -0.1) is 0 Å². The number of fused-ring (bicyclic) bond motifs is 5. The summed E-state index contributed by atoms with van der Waals surface area (Å²) >= 11 is 0. The van der Waals surface area contributed by atoms with Crippen LogP contribution in [0.5, 0.6) is 0 Å². The SMILES string of the molecule is C[C@]12CC[C@H](N(CCCN)C(=O)O)C[C@H]1CC[C@@H]1[C@@H]2C[C@@H](O)[C@]2(C)[C@@H](C3=CC(=O)OC3)CC[C@]12O.